The number of nitrogens with zero attached hydrogens (tertiary/aromatic N) is 3. The van der Waals surface area contributed by atoms with Crippen LogP contribution in [0.1, 0.15) is 41.9 Å². The van der Waals surface area contributed by atoms with Crippen molar-refractivity contribution in [1.29, 1.82) is 0 Å². The van der Waals surface area contributed by atoms with Gasteiger partial charge >= 0.3 is 0 Å². The molecule has 0 saturated heterocycles. The highest BCUT2D eigenvalue weighted by atomic mass is 35.5. The minimum Gasteiger partial charge on any atom is -0.339 e. The molecule has 1 aromatic carbocycles. The fourth-order valence-corrected chi connectivity index (χ4v) is 2.89. The number of rotatable bonds is 5. The Kier molecular flexibility index (Phi) is 5.47. The highest BCUT2D eigenvalue weighted by Crippen LogP contribution is 2.22. The van der Waals surface area contributed by atoms with Crippen LogP contribution in [0.5, 0.6) is 0 Å². The molecule has 4 nitrogen and oxygen atoms in total. The van der Waals surface area contributed by atoms with E-state index >= 15 is 0 Å². The molecule has 1 unspecified atom stereocenters. The SMILES string of the molecule is Cc1nn(C)c(C)c1CCC(=O)N(C)C(C)c1ccc(Cl)cc1. The lowest BCUT2D eigenvalue weighted by Crippen LogP contribution is -2.29. The zero-order valence-electron chi connectivity index (χ0n) is 14.4. The average molecular weight is 334 g/mol. The Balaban J connectivity index is 2.01. The smallest absolute Gasteiger partial charge is 0.223 e. The van der Waals surface area contributed by atoms with Gasteiger partial charge in [0.2, 0.25) is 5.91 Å². The molecule has 0 fully saturated rings. The first-order valence-electron chi connectivity index (χ1n) is 7.81. The summed E-state index contributed by atoms with van der Waals surface area (Å²) in [6.07, 6.45) is 1.21. The van der Waals surface area contributed by atoms with Crippen LogP contribution in [0.2, 0.25) is 5.02 Å². The molecule has 0 aliphatic carbocycles. The van der Waals surface area contributed by atoms with Crippen LogP contribution in [0.15, 0.2) is 24.3 Å². The second-order valence-corrected chi connectivity index (χ2v) is 6.44. The normalized spacial score (nSPS) is 12.3. The third-order valence-electron chi connectivity index (χ3n) is 4.57. The van der Waals surface area contributed by atoms with Gasteiger partial charge in [-0.1, -0.05) is 23.7 Å². The third kappa shape index (κ3) is 3.94. The first-order chi connectivity index (χ1) is 10.8. The van der Waals surface area contributed by atoms with E-state index in [1.807, 2.05) is 63.8 Å². The Morgan fingerprint density at radius 2 is 1.91 bits per heavy atom. The molecule has 1 aromatic heterocycles. The van der Waals surface area contributed by atoms with Gasteiger partial charge in [-0.2, -0.15) is 5.10 Å². The Morgan fingerprint density at radius 3 is 2.43 bits per heavy atom. The predicted molar refractivity (Wildman–Crippen MR) is 93.6 cm³/mol. The van der Waals surface area contributed by atoms with Crippen molar-refractivity contribution in [3.05, 3.63) is 51.8 Å². The molecule has 2 aromatic rings. The van der Waals surface area contributed by atoms with Crippen molar-refractivity contribution < 1.29 is 4.79 Å². The van der Waals surface area contributed by atoms with Gasteiger partial charge in [0.15, 0.2) is 0 Å². The number of hydrogen-bond donors (Lipinski definition) is 0. The summed E-state index contributed by atoms with van der Waals surface area (Å²) in [4.78, 5) is 14.3. The lowest BCUT2D eigenvalue weighted by Gasteiger charge is -2.25. The summed E-state index contributed by atoms with van der Waals surface area (Å²) in [5.74, 6) is 0.134. The fraction of sp³-hybridized carbons (Fsp3) is 0.444. The van der Waals surface area contributed by atoms with Crippen molar-refractivity contribution in [3.63, 3.8) is 0 Å². The van der Waals surface area contributed by atoms with E-state index in [0.29, 0.717) is 11.4 Å². The van der Waals surface area contributed by atoms with Crippen molar-refractivity contribution >= 4 is 17.5 Å². The molecule has 0 radical (unpaired) electrons. The monoisotopic (exact) mass is 333 g/mol. The first-order valence-corrected chi connectivity index (χ1v) is 8.19. The Bertz CT molecular complexity index is 691. The molecule has 5 heteroatoms. The summed E-state index contributed by atoms with van der Waals surface area (Å²) >= 11 is 5.92. The molecule has 2 rings (SSSR count). The summed E-state index contributed by atoms with van der Waals surface area (Å²) in [7, 11) is 3.78. The van der Waals surface area contributed by atoms with Gasteiger partial charge in [0.1, 0.15) is 0 Å². The second-order valence-electron chi connectivity index (χ2n) is 6.01. The number of hydrogen-bond acceptors (Lipinski definition) is 2. The van der Waals surface area contributed by atoms with Crippen molar-refractivity contribution in [3.8, 4) is 0 Å². The molecule has 1 amide bonds. The molecule has 0 bridgehead atoms. The maximum absolute atomic E-state index is 12.5. The molecular weight excluding hydrogens is 310 g/mol. The molecule has 124 valence electrons. The quantitative estimate of drug-likeness (QED) is 0.833. The zero-order chi connectivity index (χ0) is 17.1. The lowest BCUT2D eigenvalue weighted by atomic mass is 10.0. The molecular formula is C18H24ClN3O. The largest absolute Gasteiger partial charge is 0.339 e. The van der Waals surface area contributed by atoms with Gasteiger partial charge in [0.25, 0.3) is 0 Å². The topological polar surface area (TPSA) is 38.1 Å². The van der Waals surface area contributed by atoms with E-state index in [2.05, 4.69) is 5.10 Å². The summed E-state index contributed by atoms with van der Waals surface area (Å²) in [5.41, 5.74) is 4.39. The Labute approximate surface area is 143 Å². The minimum atomic E-state index is 0.0239. The number of aryl methyl sites for hydroxylation is 2. The van der Waals surface area contributed by atoms with Crippen molar-refractivity contribution in [2.45, 2.75) is 39.7 Å². The van der Waals surface area contributed by atoms with Gasteiger partial charge in [-0.05, 0) is 50.5 Å². The van der Waals surface area contributed by atoms with Crippen LogP contribution >= 0.6 is 11.6 Å². The van der Waals surface area contributed by atoms with E-state index in [1.165, 1.54) is 5.56 Å². The standard InChI is InChI=1S/C18H24ClN3O/c1-12-17(14(3)22(5)20-12)10-11-18(23)21(4)13(2)15-6-8-16(19)9-7-15/h6-9,13H,10-11H2,1-5H3. The van der Waals surface area contributed by atoms with Gasteiger partial charge < -0.3 is 4.90 Å². The minimum absolute atomic E-state index is 0.0239. The zero-order valence-corrected chi connectivity index (χ0v) is 15.2. The Morgan fingerprint density at radius 1 is 1.30 bits per heavy atom. The summed E-state index contributed by atoms with van der Waals surface area (Å²) in [6.45, 7) is 6.06. The first kappa shape index (κ1) is 17.5. The third-order valence-corrected chi connectivity index (χ3v) is 4.83. The van der Waals surface area contributed by atoms with Crippen LogP contribution in [-0.4, -0.2) is 27.6 Å². The van der Waals surface area contributed by atoms with E-state index in [0.717, 1.165) is 23.4 Å². The number of amides is 1. The molecule has 1 atom stereocenters. The molecule has 0 aliphatic rings. The fourth-order valence-electron chi connectivity index (χ4n) is 2.77. The maximum Gasteiger partial charge on any atom is 0.223 e. The van der Waals surface area contributed by atoms with E-state index < -0.39 is 0 Å². The summed E-state index contributed by atoms with van der Waals surface area (Å²) in [5, 5.41) is 5.11. The maximum atomic E-state index is 12.5. The highest BCUT2D eigenvalue weighted by Gasteiger charge is 2.18. The number of benzene rings is 1. The van der Waals surface area contributed by atoms with Crippen molar-refractivity contribution in [2.75, 3.05) is 7.05 Å². The van der Waals surface area contributed by atoms with Gasteiger partial charge in [-0.25, -0.2) is 0 Å². The number of carbonyl (C=O) groups excluding carboxylic acids is 1. The molecule has 0 saturated carbocycles. The lowest BCUT2D eigenvalue weighted by molar-refractivity contribution is -0.131. The predicted octanol–water partition coefficient (Wildman–Crippen LogP) is 3.84. The van der Waals surface area contributed by atoms with Crippen LogP contribution in [0.3, 0.4) is 0 Å². The number of halogens is 1. The van der Waals surface area contributed by atoms with E-state index in [4.69, 9.17) is 11.6 Å². The van der Waals surface area contributed by atoms with Gasteiger partial charge in [-0.15, -0.1) is 0 Å². The highest BCUT2D eigenvalue weighted by molar-refractivity contribution is 6.30. The second kappa shape index (κ2) is 7.18. The molecule has 0 aliphatic heterocycles. The summed E-state index contributed by atoms with van der Waals surface area (Å²) < 4.78 is 1.87. The Hall–Kier alpha value is -1.81. The molecule has 0 spiro atoms. The van der Waals surface area contributed by atoms with Crippen LogP contribution in [0, 0.1) is 13.8 Å². The molecule has 0 N–H and O–H groups in total. The van der Waals surface area contributed by atoms with Crippen molar-refractivity contribution in [2.24, 2.45) is 7.05 Å². The van der Waals surface area contributed by atoms with Gasteiger partial charge in [-0.3, -0.25) is 9.48 Å². The van der Waals surface area contributed by atoms with Crippen LogP contribution in [-0.2, 0) is 18.3 Å². The van der Waals surface area contributed by atoms with E-state index in [-0.39, 0.29) is 11.9 Å². The number of aromatic nitrogens is 2. The van der Waals surface area contributed by atoms with Gasteiger partial charge in [0, 0.05) is 31.2 Å². The van der Waals surface area contributed by atoms with Crippen LogP contribution in [0.4, 0.5) is 0 Å². The van der Waals surface area contributed by atoms with E-state index in [9.17, 15) is 4.79 Å². The molecule has 1 heterocycles. The average Bonchev–Trinajstić information content (AvgIpc) is 2.77. The van der Waals surface area contributed by atoms with Gasteiger partial charge in [0.05, 0.1) is 11.7 Å². The number of carbonyl (C=O) groups is 1. The molecule has 23 heavy (non-hydrogen) atoms. The van der Waals surface area contributed by atoms with E-state index in [1.54, 1.807) is 4.90 Å². The van der Waals surface area contributed by atoms with Crippen molar-refractivity contribution in [1.82, 2.24) is 14.7 Å². The summed E-state index contributed by atoms with van der Waals surface area (Å²) in [6, 6.07) is 7.66. The van der Waals surface area contributed by atoms with Crippen LogP contribution < -0.4 is 0 Å². The van der Waals surface area contributed by atoms with Crippen LogP contribution in [0.25, 0.3) is 0 Å².